The molecule has 1 aromatic heterocycles. The molecule has 0 radical (unpaired) electrons. The lowest BCUT2D eigenvalue weighted by atomic mass is 10.00. The van der Waals surface area contributed by atoms with Gasteiger partial charge in [0.15, 0.2) is 0 Å². The van der Waals surface area contributed by atoms with Gasteiger partial charge in [-0.05, 0) is 61.6 Å². The molecule has 0 amide bonds. The van der Waals surface area contributed by atoms with Crippen LogP contribution in [0.5, 0.6) is 5.75 Å². The normalized spacial score (nSPS) is 17.0. The number of fused-ring (bicyclic) bond motifs is 1. The molecule has 3 aromatic rings. The number of hydrogen-bond acceptors (Lipinski definition) is 2. The molecule has 25 heavy (non-hydrogen) atoms. The van der Waals surface area contributed by atoms with Gasteiger partial charge in [-0.15, -0.1) is 0 Å². The zero-order valence-corrected chi connectivity index (χ0v) is 13.7. The maximum absolute atomic E-state index is 13.8. The minimum absolute atomic E-state index is 0.0237. The van der Waals surface area contributed by atoms with Crippen molar-refractivity contribution in [3.05, 3.63) is 64.8 Å². The van der Waals surface area contributed by atoms with Crippen molar-refractivity contribution in [3.8, 4) is 16.9 Å². The third kappa shape index (κ3) is 2.72. The van der Waals surface area contributed by atoms with Gasteiger partial charge in [0.25, 0.3) is 5.56 Å². The van der Waals surface area contributed by atoms with Crippen molar-refractivity contribution in [1.29, 1.82) is 0 Å². The fourth-order valence-corrected chi connectivity index (χ4v) is 3.30. The molecule has 0 unspecified atom stereocenters. The summed E-state index contributed by atoms with van der Waals surface area (Å²) in [6.07, 6.45) is 6.39. The summed E-state index contributed by atoms with van der Waals surface area (Å²) in [7, 11) is 0. The Morgan fingerprint density at radius 1 is 1.00 bits per heavy atom. The minimum Gasteiger partial charge on any atom is -0.490 e. The van der Waals surface area contributed by atoms with E-state index in [1.807, 2.05) is 35.0 Å². The Labute approximate surface area is 144 Å². The fourth-order valence-electron chi connectivity index (χ4n) is 3.30. The van der Waals surface area contributed by atoms with Gasteiger partial charge in [0.05, 0.1) is 6.10 Å². The summed E-state index contributed by atoms with van der Waals surface area (Å²) in [6.45, 7) is 0. The highest BCUT2D eigenvalue weighted by atomic mass is 19.1. The zero-order valence-electron chi connectivity index (χ0n) is 13.7. The largest absolute Gasteiger partial charge is 0.490 e. The van der Waals surface area contributed by atoms with Crippen LogP contribution in [-0.4, -0.2) is 10.7 Å². The van der Waals surface area contributed by atoms with Crippen molar-refractivity contribution in [2.75, 3.05) is 0 Å². The molecule has 2 aromatic carbocycles. The zero-order chi connectivity index (χ0) is 17.0. The molecule has 0 saturated heterocycles. The number of pyridine rings is 1. The molecule has 0 atom stereocenters. The van der Waals surface area contributed by atoms with Crippen LogP contribution in [0.2, 0.25) is 0 Å². The summed E-state index contributed by atoms with van der Waals surface area (Å²) in [6, 6.07) is 12.4. The van der Waals surface area contributed by atoms with Crippen LogP contribution in [0.25, 0.3) is 21.9 Å². The lowest BCUT2D eigenvalue weighted by Gasteiger charge is -2.14. The number of nitrogens with zero attached hydrogens (tertiary/aromatic N) is 1. The average molecular weight is 335 g/mol. The molecule has 2 saturated carbocycles. The van der Waals surface area contributed by atoms with Crippen molar-refractivity contribution < 1.29 is 9.13 Å². The van der Waals surface area contributed by atoms with Gasteiger partial charge in [-0.2, -0.15) is 0 Å². The second kappa shape index (κ2) is 5.45. The van der Waals surface area contributed by atoms with Crippen LogP contribution in [0.1, 0.15) is 31.7 Å². The van der Waals surface area contributed by atoms with Crippen molar-refractivity contribution in [1.82, 2.24) is 4.57 Å². The van der Waals surface area contributed by atoms with Crippen LogP contribution in [0, 0.1) is 5.82 Å². The number of hydrogen-bond donors (Lipinski definition) is 0. The van der Waals surface area contributed by atoms with Gasteiger partial charge in [-0.3, -0.25) is 4.79 Å². The van der Waals surface area contributed by atoms with E-state index in [0.29, 0.717) is 11.5 Å². The summed E-state index contributed by atoms with van der Waals surface area (Å²) in [4.78, 5) is 12.9. The van der Waals surface area contributed by atoms with Gasteiger partial charge >= 0.3 is 0 Å². The summed E-state index contributed by atoms with van der Waals surface area (Å²) < 4.78 is 21.5. The topological polar surface area (TPSA) is 31.2 Å². The molecule has 0 bridgehead atoms. The molecule has 126 valence electrons. The van der Waals surface area contributed by atoms with E-state index in [9.17, 15) is 9.18 Å². The first-order valence-electron chi connectivity index (χ1n) is 8.80. The van der Waals surface area contributed by atoms with Crippen LogP contribution in [-0.2, 0) is 0 Å². The highest BCUT2D eigenvalue weighted by molar-refractivity contribution is 5.96. The Hall–Kier alpha value is -2.62. The van der Waals surface area contributed by atoms with Gasteiger partial charge in [0, 0.05) is 28.6 Å². The lowest BCUT2D eigenvalue weighted by molar-refractivity contribution is 0.303. The molecule has 0 spiro atoms. The van der Waals surface area contributed by atoms with Crippen molar-refractivity contribution in [2.24, 2.45) is 0 Å². The van der Waals surface area contributed by atoms with Gasteiger partial charge in [-0.1, -0.05) is 12.1 Å². The predicted octanol–water partition coefficient (Wildman–Crippen LogP) is 4.68. The van der Waals surface area contributed by atoms with Crippen LogP contribution in [0.3, 0.4) is 0 Å². The Balaban J connectivity index is 1.76. The van der Waals surface area contributed by atoms with E-state index < -0.39 is 0 Å². The van der Waals surface area contributed by atoms with Crippen molar-refractivity contribution in [3.63, 3.8) is 0 Å². The number of aromatic nitrogens is 1. The van der Waals surface area contributed by atoms with Gasteiger partial charge in [-0.25, -0.2) is 4.39 Å². The molecule has 5 rings (SSSR count). The van der Waals surface area contributed by atoms with Crippen LogP contribution in [0.15, 0.2) is 53.5 Å². The molecule has 2 fully saturated rings. The lowest BCUT2D eigenvalue weighted by Crippen LogP contribution is -2.19. The monoisotopic (exact) mass is 335 g/mol. The van der Waals surface area contributed by atoms with E-state index >= 15 is 0 Å². The van der Waals surface area contributed by atoms with Crippen LogP contribution in [0.4, 0.5) is 4.39 Å². The third-order valence-electron chi connectivity index (χ3n) is 4.92. The summed E-state index contributed by atoms with van der Waals surface area (Å²) in [5.41, 5.74) is 1.68. The first kappa shape index (κ1) is 14.7. The van der Waals surface area contributed by atoms with Gasteiger partial charge in [0.1, 0.15) is 11.6 Å². The van der Waals surface area contributed by atoms with Gasteiger partial charge in [0.2, 0.25) is 0 Å². The second-order valence-electron chi connectivity index (χ2n) is 7.02. The highest BCUT2D eigenvalue weighted by Gasteiger charge is 2.27. The first-order valence-corrected chi connectivity index (χ1v) is 8.80. The maximum Gasteiger partial charge on any atom is 0.258 e. The molecule has 1 heterocycles. The Kier molecular flexibility index (Phi) is 3.20. The minimum atomic E-state index is -0.278. The molecular weight excluding hydrogens is 317 g/mol. The van der Waals surface area contributed by atoms with Gasteiger partial charge < -0.3 is 9.30 Å². The highest BCUT2D eigenvalue weighted by Crippen LogP contribution is 2.37. The number of benzene rings is 2. The van der Waals surface area contributed by atoms with E-state index in [1.165, 1.54) is 12.1 Å². The Bertz CT molecular complexity index is 1030. The second-order valence-corrected chi connectivity index (χ2v) is 7.02. The molecule has 4 heteroatoms. The molecule has 0 N–H and O–H groups in total. The molecular formula is C21H18FNO2. The van der Waals surface area contributed by atoms with E-state index in [4.69, 9.17) is 4.74 Å². The smallest absolute Gasteiger partial charge is 0.258 e. The van der Waals surface area contributed by atoms with E-state index in [-0.39, 0.29) is 17.4 Å². The van der Waals surface area contributed by atoms with Crippen molar-refractivity contribution in [2.45, 2.75) is 37.8 Å². The summed E-state index contributed by atoms with van der Waals surface area (Å²) in [5.74, 6) is 0.497. The molecule has 2 aliphatic carbocycles. The summed E-state index contributed by atoms with van der Waals surface area (Å²) in [5, 5.41) is 1.49. The molecule has 3 nitrogen and oxygen atoms in total. The molecule has 2 aliphatic rings. The quantitative estimate of drug-likeness (QED) is 0.693. The van der Waals surface area contributed by atoms with Crippen LogP contribution < -0.4 is 10.3 Å². The fraction of sp³-hybridized carbons (Fsp3) is 0.286. The predicted molar refractivity (Wildman–Crippen MR) is 95.5 cm³/mol. The maximum atomic E-state index is 13.8. The number of rotatable bonds is 4. The average Bonchev–Trinajstić information content (AvgIpc) is 3.50. The third-order valence-corrected chi connectivity index (χ3v) is 4.92. The Morgan fingerprint density at radius 2 is 1.84 bits per heavy atom. The SMILES string of the molecule is O=c1c2ccc(OC3CC3)cc2c(-c2cccc(F)c2)cn1C1CC1. The van der Waals surface area contributed by atoms with E-state index in [1.54, 1.807) is 6.07 Å². The van der Waals surface area contributed by atoms with Crippen LogP contribution >= 0.6 is 0 Å². The van der Waals surface area contributed by atoms with E-state index in [0.717, 1.165) is 47.9 Å². The number of halogens is 1. The summed E-state index contributed by atoms with van der Waals surface area (Å²) >= 11 is 0. The Morgan fingerprint density at radius 3 is 2.56 bits per heavy atom. The van der Waals surface area contributed by atoms with E-state index in [2.05, 4.69) is 0 Å². The standard InChI is InChI=1S/C21H18FNO2/c22-14-3-1-2-13(10-14)20-12-23(15-4-5-15)21(24)18-9-8-17(11-19(18)20)25-16-6-7-16/h1-3,8-12,15-16H,4-7H2. The van der Waals surface area contributed by atoms with Crippen molar-refractivity contribution >= 4 is 10.8 Å². The first-order chi connectivity index (χ1) is 12.2. The number of ether oxygens (including phenoxy) is 1. The molecule has 0 aliphatic heterocycles.